The molecule has 2 aromatic heterocycles. The van der Waals surface area contributed by atoms with Gasteiger partial charge in [-0.2, -0.15) is 4.68 Å². The summed E-state index contributed by atoms with van der Waals surface area (Å²) in [6.45, 7) is 1.81. The monoisotopic (exact) mass is 423 g/mol. The summed E-state index contributed by atoms with van der Waals surface area (Å²) in [4.78, 5) is 21.3. The molecule has 0 saturated heterocycles. The lowest BCUT2D eigenvalue weighted by molar-refractivity contribution is 0.0935. The number of nitrogens with one attached hydrogen (secondary N) is 2. The summed E-state index contributed by atoms with van der Waals surface area (Å²) in [6, 6.07) is 24.8. The highest BCUT2D eigenvalue weighted by atomic mass is 16.1. The summed E-state index contributed by atoms with van der Waals surface area (Å²) < 4.78 is 1.59. The van der Waals surface area contributed by atoms with Crippen LogP contribution in [0.1, 0.15) is 33.6 Å². The average Bonchev–Trinajstić information content (AvgIpc) is 3.45. The number of rotatable bonds is 6. The van der Waals surface area contributed by atoms with E-state index in [2.05, 4.69) is 25.8 Å². The summed E-state index contributed by atoms with van der Waals surface area (Å²) in [7, 11) is 0. The van der Waals surface area contributed by atoms with E-state index >= 15 is 0 Å². The Morgan fingerprint density at radius 3 is 2.62 bits per heavy atom. The maximum absolute atomic E-state index is 13.2. The lowest BCUT2D eigenvalue weighted by Gasteiger charge is -2.17. The molecule has 158 valence electrons. The highest BCUT2D eigenvalue weighted by Crippen LogP contribution is 2.21. The van der Waals surface area contributed by atoms with E-state index in [9.17, 15) is 4.79 Å². The van der Waals surface area contributed by atoms with E-state index in [-0.39, 0.29) is 11.9 Å². The first-order chi connectivity index (χ1) is 15.7. The number of nitrogens with zero attached hydrogens (tertiary/aromatic N) is 5. The average molecular weight is 423 g/mol. The third kappa shape index (κ3) is 3.98. The van der Waals surface area contributed by atoms with Crippen LogP contribution in [0.2, 0.25) is 0 Å². The molecule has 0 saturated carbocycles. The first-order valence-electron chi connectivity index (χ1n) is 10.3. The Labute approximate surface area is 184 Å². The van der Waals surface area contributed by atoms with Gasteiger partial charge in [0.05, 0.1) is 22.8 Å². The van der Waals surface area contributed by atoms with E-state index in [0.29, 0.717) is 17.8 Å². The van der Waals surface area contributed by atoms with E-state index in [1.807, 2.05) is 73.7 Å². The van der Waals surface area contributed by atoms with Crippen molar-refractivity contribution in [1.82, 2.24) is 35.5 Å². The minimum atomic E-state index is -0.323. The molecule has 0 radical (unpaired) electrons. The van der Waals surface area contributed by atoms with Crippen LogP contribution in [0, 0.1) is 6.92 Å². The quantitative estimate of drug-likeness (QED) is 0.435. The number of fused-ring (bicyclic) bond motifs is 1. The van der Waals surface area contributed by atoms with Crippen LogP contribution < -0.4 is 5.32 Å². The van der Waals surface area contributed by atoms with Gasteiger partial charge in [0.25, 0.3) is 5.91 Å². The number of carbonyl (C=O) groups is 1. The third-order valence-electron chi connectivity index (χ3n) is 5.30. The van der Waals surface area contributed by atoms with Crippen LogP contribution in [0.5, 0.6) is 0 Å². The summed E-state index contributed by atoms with van der Waals surface area (Å²) in [5, 5.41) is 14.7. The molecule has 0 bridgehead atoms. The van der Waals surface area contributed by atoms with Gasteiger partial charge in [0.1, 0.15) is 5.82 Å². The van der Waals surface area contributed by atoms with Crippen LogP contribution >= 0.6 is 0 Å². The molecule has 2 N–H and O–H groups in total. The predicted octanol–water partition coefficient (Wildman–Crippen LogP) is 3.56. The van der Waals surface area contributed by atoms with Gasteiger partial charge in [-0.05, 0) is 59.7 Å². The van der Waals surface area contributed by atoms with E-state index in [1.54, 1.807) is 16.8 Å². The Balaban J connectivity index is 1.45. The zero-order valence-electron chi connectivity index (χ0n) is 17.4. The summed E-state index contributed by atoms with van der Waals surface area (Å²) in [6.07, 6.45) is 0.609. The van der Waals surface area contributed by atoms with E-state index < -0.39 is 0 Å². The largest absolute Gasteiger partial charge is 0.342 e. The first kappa shape index (κ1) is 19.6. The fourth-order valence-electron chi connectivity index (χ4n) is 3.69. The van der Waals surface area contributed by atoms with Crippen molar-refractivity contribution in [3.63, 3.8) is 0 Å². The van der Waals surface area contributed by atoms with E-state index in [1.165, 1.54) is 0 Å². The van der Waals surface area contributed by atoms with Crippen molar-refractivity contribution in [2.75, 3.05) is 0 Å². The number of aryl methyl sites for hydroxylation is 1. The van der Waals surface area contributed by atoms with Gasteiger partial charge in [0.15, 0.2) is 5.82 Å². The second-order valence-electron chi connectivity index (χ2n) is 7.54. The number of H-pyrrole nitrogens is 1. The Morgan fingerprint density at radius 1 is 1.03 bits per heavy atom. The zero-order valence-corrected chi connectivity index (χ0v) is 17.4. The molecule has 8 nitrogen and oxygen atoms in total. The molecule has 5 aromatic rings. The fraction of sp³-hybridized carbons (Fsp3) is 0.125. The molecule has 1 amide bonds. The lowest BCUT2D eigenvalue weighted by Crippen LogP contribution is -2.30. The Kier molecular flexibility index (Phi) is 5.17. The van der Waals surface area contributed by atoms with Crippen molar-refractivity contribution in [3.05, 3.63) is 102 Å². The molecule has 8 heteroatoms. The number of aromatic amines is 1. The van der Waals surface area contributed by atoms with Crippen molar-refractivity contribution in [2.45, 2.75) is 19.4 Å². The van der Waals surface area contributed by atoms with Crippen molar-refractivity contribution in [3.8, 4) is 5.69 Å². The van der Waals surface area contributed by atoms with Crippen molar-refractivity contribution in [1.29, 1.82) is 0 Å². The molecule has 0 aliphatic carbocycles. The van der Waals surface area contributed by atoms with Crippen LogP contribution in [0.4, 0.5) is 0 Å². The van der Waals surface area contributed by atoms with Crippen molar-refractivity contribution >= 4 is 16.9 Å². The number of aromatic nitrogens is 6. The number of amides is 1. The summed E-state index contributed by atoms with van der Waals surface area (Å²) in [5.41, 5.74) is 4.16. The standard InChI is InChI=1S/C24H21N7O/c1-16-28-29-30-31(16)19-11-7-10-18(15-19)24(32)27-22(14-17-8-3-2-4-9-17)23-25-20-12-5-6-13-21(20)26-23/h2-13,15,22H,14H2,1H3,(H,25,26)(H,27,32). The second kappa shape index (κ2) is 8.43. The Hall–Kier alpha value is -4.33. The van der Waals surface area contributed by atoms with Gasteiger partial charge in [-0.15, -0.1) is 5.10 Å². The molecule has 0 aliphatic heterocycles. The number of imidazole rings is 1. The minimum Gasteiger partial charge on any atom is -0.342 e. The maximum Gasteiger partial charge on any atom is 0.251 e. The van der Waals surface area contributed by atoms with Crippen molar-refractivity contribution < 1.29 is 4.79 Å². The number of hydrogen-bond donors (Lipinski definition) is 2. The van der Waals surface area contributed by atoms with Gasteiger partial charge in [-0.25, -0.2) is 4.98 Å². The molecular weight excluding hydrogens is 402 g/mol. The zero-order chi connectivity index (χ0) is 21.9. The summed E-state index contributed by atoms with van der Waals surface area (Å²) >= 11 is 0. The van der Waals surface area contributed by atoms with Crippen LogP contribution in [0.25, 0.3) is 16.7 Å². The molecule has 1 unspecified atom stereocenters. The molecule has 0 fully saturated rings. The number of tetrazole rings is 1. The number of para-hydroxylation sites is 2. The van der Waals surface area contributed by atoms with Crippen LogP contribution in [0.15, 0.2) is 78.9 Å². The second-order valence-corrected chi connectivity index (χ2v) is 7.54. The molecule has 1 atom stereocenters. The number of benzene rings is 3. The van der Waals surface area contributed by atoms with Crippen molar-refractivity contribution in [2.24, 2.45) is 0 Å². The van der Waals surface area contributed by atoms with Gasteiger partial charge in [-0.1, -0.05) is 48.5 Å². The Morgan fingerprint density at radius 2 is 1.84 bits per heavy atom. The first-order valence-corrected chi connectivity index (χ1v) is 10.3. The lowest BCUT2D eigenvalue weighted by atomic mass is 10.0. The maximum atomic E-state index is 13.2. The fourth-order valence-corrected chi connectivity index (χ4v) is 3.69. The number of carbonyl (C=O) groups excluding carboxylic acids is 1. The molecular formula is C24H21N7O. The molecule has 0 aliphatic rings. The van der Waals surface area contributed by atoms with Gasteiger partial charge >= 0.3 is 0 Å². The summed E-state index contributed by atoms with van der Waals surface area (Å²) in [5.74, 6) is 1.17. The highest BCUT2D eigenvalue weighted by molar-refractivity contribution is 5.95. The van der Waals surface area contributed by atoms with Gasteiger partial charge in [-0.3, -0.25) is 4.79 Å². The predicted molar refractivity (Wildman–Crippen MR) is 120 cm³/mol. The van der Waals surface area contributed by atoms with Gasteiger partial charge < -0.3 is 10.3 Å². The van der Waals surface area contributed by atoms with Gasteiger partial charge in [0, 0.05) is 5.56 Å². The molecule has 3 aromatic carbocycles. The molecule has 5 rings (SSSR count). The van der Waals surface area contributed by atoms with Crippen LogP contribution in [0.3, 0.4) is 0 Å². The number of hydrogen-bond acceptors (Lipinski definition) is 5. The highest BCUT2D eigenvalue weighted by Gasteiger charge is 2.20. The third-order valence-corrected chi connectivity index (χ3v) is 5.30. The normalized spacial score (nSPS) is 12.0. The topological polar surface area (TPSA) is 101 Å². The van der Waals surface area contributed by atoms with E-state index in [0.717, 1.165) is 28.1 Å². The molecule has 2 heterocycles. The SMILES string of the molecule is Cc1nnnn1-c1cccc(C(=O)NC(Cc2ccccc2)c2nc3ccccc3[nH]2)c1. The molecule has 0 spiro atoms. The van der Waals surface area contributed by atoms with E-state index in [4.69, 9.17) is 4.98 Å². The Bertz CT molecular complexity index is 1340. The minimum absolute atomic E-state index is 0.195. The van der Waals surface area contributed by atoms with Crippen LogP contribution in [-0.2, 0) is 6.42 Å². The van der Waals surface area contributed by atoms with Crippen LogP contribution in [-0.4, -0.2) is 36.1 Å². The van der Waals surface area contributed by atoms with Gasteiger partial charge in [0.2, 0.25) is 0 Å². The molecule has 32 heavy (non-hydrogen) atoms. The smallest absolute Gasteiger partial charge is 0.251 e.